The molecule has 1 N–H and O–H groups in total. The molecule has 0 spiro atoms. The molecule has 1 unspecified atom stereocenters. The van der Waals surface area contributed by atoms with Gasteiger partial charge >= 0.3 is 6.09 Å². The molecule has 0 aliphatic rings. The van der Waals surface area contributed by atoms with Crippen molar-refractivity contribution in [2.75, 3.05) is 6.54 Å². The van der Waals surface area contributed by atoms with E-state index in [2.05, 4.69) is 55.5 Å². The minimum Gasteiger partial charge on any atom is -0.444 e. The van der Waals surface area contributed by atoms with Crippen LogP contribution in [0.5, 0.6) is 0 Å². The molecule has 0 fully saturated rings. The summed E-state index contributed by atoms with van der Waals surface area (Å²) in [6.45, 7) is 14.9. The van der Waals surface area contributed by atoms with Gasteiger partial charge in [-0.3, -0.25) is 5.54 Å². The van der Waals surface area contributed by atoms with E-state index in [1.807, 2.05) is 32.9 Å². The average Bonchev–Trinajstić information content (AvgIpc) is 2.40. The zero-order chi connectivity index (χ0) is 17.7. The molecule has 1 aromatic rings. The Hall–Kier alpha value is -1.73. The summed E-state index contributed by atoms with van der Waals surface area (Å²) in [7, 11) is -1.34. The van der Waals surface area contributed by atoms with Gasteiger partial charge in [0.2, 0.25) is 0 Å². The molecule has 0 aliphatic heterocycles. The number of hydrogen-bond donors (Lipinski definition) is 1. The Labute approximate surface area is 141 Å². The average molecular weight is 332 g/mol. The minimum absolute atomic E-state index is 0.224. The highest BCUT2D eigenvalue weighted by Gasteiger charge is 2.16. The van der Waals surface area contributed by atoms with Crippen LogP contribution in [0.25, 0.3) is 0 Å². The first kappa shape index (κ1) is 19.3. The van der Waals surface area contributed by atoms with E-state index >= 15 is 0 Å². The first-order valence-electron chi connectivity index (χ1n) is 8.06. The van der Waals surface area contributed by atoms with Gasteiger partial charge in [-0.25, -0.2) is 4.79 Å². The zero-order valence-corrected chi connectivity index (χ0v) is 16.4. The predicted octanol–water partition coefficient (Wildman–Crippen LogP) is 4.54. The second kappa shape index (κ2) is 7.70. The van der Waals surface area contributed by atoms with Crippen LogP contribution in [0.4, 0.5) is 4.79 Å². The number of hydrogen-bond acceptors (Lipinski definition) is 2. The van der Waals surface area contributed by atoms with Crippen molar-refractivity contribution in [3.05, 3.63) is 35.4 Å². The number of nitrogens with one attached hydrogen (secondary N) is 1. The molecule has 0 radical (unpaired) electrons. The number of ether oxygens (including phenoxy) is 1. The molecule has 0 heterocycles. The molecular weight excluding hydrogens is 302 g/mol. The monoisotopic (exact) mass is 331 g/mol. The highest BCUT2D eigenvalue weighted by Crippen LogP contribution is 2.15. The maximum Gasteiger partial charge on any atom is 0.407 e. The molecule has 0 aliphatic carbocycles. The Morgan fingerprint density at radius 3 is 2.26 bits per heavy atom. The van der Waals surface area contributed by atoms with Crippen molar-refractivity contribution >= 4 is 14.2 Å². The van der Waals surface area contributed by atoms with Gasteiger partial charge in [0, 0.05) is 12.1 Å². The summed E-state index contributed by atoms with van der Waals surface area (Å²) in [6.07, 6.45) is -0.373. The van der Waals surface area contributed by atoms with E-state index < -0.39 is 13.7 Å². The van der Waals surface area contributed by atoms with Crippen LogP contribution in [-0.4, -0.2) is 26.3 Å². The van der Waals surface area contributed by atoms with Crippen molar-refractivity contribution in [2.45, 2.75) is 58.9 Å². The molecule has 1 aromatic carbocycles. The van der Waals surface area contributed by atoms with Gasteiger partial charge in [-0.1, -0.05) is 27.1 Å². The van der Waals surface area contributed by atoms with Crippen molar-refractivity contribution in [1.29, 1.82) is 0 Å². The fourth-order valence-corrected chi connectivity index (χ4v) is 2.34. The molecule has 0 saturated carbocycles. The third-order valence-electron chi connectivity index (χ3n) is 3.01. The number of amides is 1. The molecule has 1 amide bonds. The molecule has 3 nitrogen and oxygen atoms in total. The summed E-state index contributed by atoms with van der Waals surface area (Å²) >= 11 is 0. The highest BCUT2D eigenvalue weighted by atomic mass is 28.3. The Bertz CT molecular complexity index is 583. The maximum atomic E-state index is 11.7. The minimum atomic E-state index is -1.34. The summed E-state index contributed by atoms with van der Waals surface area (Å²) in [4.78, 5) is 11.7. The standard InChI is InChI=1S/C19H29NO2Si/c1-15(14-20-18(21)22-19(2,3)4)17-10-8-16(9-11-17)12-13-23(5,6)7/h8-11,15H,14H2,1-7H3,(H,20,21)/q-1. The van der Waals surface area contributed by atoms with Crippen LogP contribution >= 0.6 is 0 Å². The summed E-state index contributed by atoms with van der Waals surface area (Å²) in [5.74, 6) is 3.47. The van der Waals surface area contributed by atoms with Crippen molar-refractivity contribution < 1.29 is 9.53 Å². The first-order valence-corrected chi connectivity index (χ1v) is 11.6. The first-order chi connectivity index (χ1) is 10.5. The molecule has 127 valence electrons. The normalized spacial score (nSPS) is 12.8. The van der Waals surface area contributed by atoms with Gasteiger partial charge < -0.3 is 10.1 Å². The van der Waals surface area contributed by atoms with E-state index in [-0.39, 0.29) is 12.0 Å². The predicted molar refractivity (Wildman–Crippen MR) is 99.3 cm³/mol. The van der Waals surface area contributed by atoms with Gasteiger partial charge in [0.15, 0.2) is 0 Å². The molecule has 23 heavy (non-hydrogen) atoms. The number of benzene rings is 1. The Balaban J connectivity index is 2.59. The second-order valence-corrected chi connectivity index (χ2v) is 12.7. The number of carbonyl (C=O) groups excluding carboxylic acids is 1. The maximum absolute atomic E-state index is 11.7. The summed E-state index contributed by atoms with van der Waals surface area (Å²) in [6, 6.07) is 8.25. The zero-order valence-electron chi connectivity index (χ0n) is 15.4. The second-order valence-electron chi connectivity index (χ2n) is 7.91. The van der Waals surface area contributed by atoms with E-state index in [9.17, 15) is 4.79 Å². The van der Waals surface area contributed by atoms with Crippen LogP contribution in [-0.2, 0) is 4.74 Å². The molecular formula is C19H29NO2Si-. The van der Waals surface area contributed by atoms with E-state index in [0.717, 1.165) is 5.56 Å². The van der Waals surface area contributed by atoms with Crippen molar-refractivity contribution in [1.82, 2.24) is 5.32 Å². The van der Waals surface area contributed by atoms with Crippen molar-refractivity contribution in [2.24, 2.45) is 0 Å². The van der Waals surface area contributed by atoms with E-state index in [1.54, 1.807) is 0 Å². The lowest BCUT2D eigenvalue weighted by atomic mass is 10.00. The SMILES string of the molecule is CC(CNC(=O)OC(C)(C)C)c1ccc(C#C[Si-](C)(C)C)cc1. The third kappa shape index (κ3) is 8.46. The van der Waals surface area contributed by atoms with Gasteiger partial charge in [-0.05, 0) is 44.4 Å². The summed E-state index contributed by atoms with van der Waals surface area (Å²) in [5.41, 5.74) is 5.12. The van der Waals surface area contributed by atoms with E-state index in [4.69, 9.17) is 4.74 Å². The van der Waals surface area contributed by atoms with Crippen LogP contribution < -0.4 is 5.32 Å². The number of alkyl carbamates (subject to hydrolysis) is 1. The summed E-state index contributed by atoms with van der Waals surface area (Å²) in [5, 5.41) is 2.81. The van der Waals surface area contributed by atoms with Crippen LogP contribution in [0.15, 0.2) is 24.3 Å². The Morgan fingerprint density at radius 1 is 1.22 bits per heavy atom. The van der Waals surface area contributed by atoms with Crippen LogP contribution in [0.3, 0.4) is 0 Å². The largest absolute Gasteiger partial charge is 0.444 e. The molecule has 0 saturated heterocycles. The van der Waals surface area contributed by atoms with Crippen LogP contribution in [0, 0.1) is 11.5 Å². The quantitative estimate of drug-likeness (QED) is 0.652. The Morgan fingerprint density at radius 2 is 1.78 bits per heavy atom. The topological polar surface area (TPSA) is 38.3 Å². The Kier molecular flexibility index (Phi) is 6.46. The molecule has 1 atom stereocenters. The lowest BCUT2D eigenvalue weighted by Gasteiger charge is -2.21. The molecule has 0 bridgehead atoms. The molecule has 1 rings (SSSR count). The van der Waals surface area contributed by atoms with Gasteiger partial charge in [-0.2, -0.15) is 19.6 Å². The smallest absolute Gasteiger partial charge is 0.407 e. The number of carbonyl (C=O) groups is 1. The van der Waals surface area contributed by atoms with Gasteiger partial charge in [0.25, 0.3) is 0 Å². The third-order valence-corrected chi connectivity index (χ3v) is 3.89. The van der Waals surface area contributed by atoms with Crippen molar-refractivity contribution in [3.8, 4) is 11.5 Å². The molecule has 4 heteroatoms. The summed E-state index contributed by atoms with van der Waals surface area (Å²) < 4.78 is 5.24. The van der Waals surface area contributed by atoms with Gasteiger partial charge in [0.1, 0.15) is 5.60 Å². The molecule has 0 aromatic heterocycles. The number of rotatable bonds is 3. The lowest BCUT2D eigenvalue weighted by Crippen LogP contribution is -2.34. The van der Waals surface area contributed by atoms with Crippen molar-refractivity contribution in [3.63, 3.8) is 0 Å². The lowest BCUT2D eigenvalue weighted by molar-refractivity contribution is 0.0525. The highest BCUT2D eigenvalue weighted by molar-refractivity contribution is 6.83. The fourth-order valence-electron chi connectivity index (χ4n) is 1.82. The van der Waals surface area contributed by atoms with E-state index in [1.165, 1.54) is 5.56 Å². The van der Waals surface area contributed by atoms with Crippen LogP contribution in [0.1, 0.15) is 44.7 Å². The fraction of sp³-hybridized carbons (Fsp3) is 0.526. The van der Waals surface area contributed by atoms with E-state index in [0.29, 0.717) is 6.54 Å². The van der Waals surface area contributed by atoms with Gasteiger partial charge in [-0.15, -0.1) is 5.92 Å². The van der Waals surface area contributed by atoms with Crippen LogP contribution in [0.2, 0.25) is 19.6 Å². The van der Waals surface area contributed by atoms with Gasteiger partial charge in [0.05, 0.1) is 0 Å².